The van der Waals surface area contributed by atoms with Crippen molar-refractivity contribution in [1.82, 2.24) is 4.90 Å². The van der Waals surface area contributed by atoms with Crippen molar-refractivity contribution < 1.29 is 4.74 Å². The van der Waals surface area contributed by atoms with Crippen LogP contribution in [0.25, 0.3) is 6.08 Å². The van der Waals surface area contributed by atoms with E-state index in [9.17, 15) is 0 Å². The van der Waals surface area contributed by atoms with Crippen LogP contribution in [-0.2, 0) is 4.74 Å². The average molecular weight is 305 g/mol. The van der Waals surface area contributed by atoms with Crippen LogP contribution in [0, 0.1) is 0 Å². The normalized spacial score (nSPS) is 11.3. The molecule has 0 fully saturated rings. The minimum absolute atomic E-state index is 0.604. The van der Waals surface area contributed by atoms with Crippen molar-refractivity contribution in [1.29, 1.82) is 0 Å². The highest BCUT2D eigenvalue weighted by molar-refractivity contribution is 6.73. The molecular formula is C18H30NOSi. The molecule has 0 aliphatic rings. The summed E-state index contributed by atoms with van der Waals surface area (Å²) in [6.45, 7) is 14.7. The van der Waals surface area contributed by atoms with Crippen LogP contribution in [0.5, 0.6) is 0 Å². The smallest absolute Gasteiger partial charge is 0.117 e. The maximum atomic E-state index is 5.73. The van der Waals surface area contributed by atoms with Gasteiger partial charge in [0.2, 0.25) is 0 Å². The highest BCUT2D eigenvalue weighted by atomic mass is 28.3. The zero-order chi connectivity index (χ0) is 15.5. The SMILES string of the molecule is C=Cc1ccc([Si](CCCN(CC)CC)COCC)cc1. The van der Waals surface area contributed by atoms with Crippen molar-refractivity contribution in [3.8, 4) is 0 Å². The van der Waals surface area contributed by atoms with E-state index < -0.39 is 8.80 Å². The molecule has 0 saturated heterocycles. The second-order valence-electron chi connectivity index (χ2n) is 5.20. The second kappa shape index (κ2) is 10.8. The van der Waals surface area contributed by atoms with Gasteiger partial charge in [-0.05, 0) is 38.5 Å². The third kappa shape index (κ3) is 6.59. The van der Waals surface area contributed by atoms with Gasteiger partial charge in [0.15, 0.2) is 0 Å². The van der Waals surface area contributed by atoms with E-state index in [1.807, 2.05) is 6.08 Å². The first-order valence-corrected chi connectivity index (χ1v) is 10.0. The first kappa shape index (κ1) is 18.1. The van der Waals surface area contributed by atoms with E-state index in [0.29, 0.717) is 0 Å². The van der Waals surface area contributed by atoms with Crippen molar-refractivity contribution in [3.05, 3.63) is 36.4 Å². The van der Waals surface area contributed by atoms with Gasteiger partial charge in [-0.2, -0.15) is 0 Å². The lowest BCUT2D eigenvalue weighted by atomic mass is 10.2. The number of hydrogen-bond acceptors (Lipinski definition) is 2. The molecule has 0 aromatic heterocycles. The maximum Gasteiger partial charge on any atom is 0.117 e. The molecular weight excluding hydrogens is 274 g/mol. The molecule has 0 saturated carbocycles. The Morgan fingerprint density at radius 1 is 1.14 bits per heavy atom. The number of nitrogens with zero attached hydrogens (tertiary/aromatic N) is 1. The Morgan fingerprint density at radius 3 is 2.33 bits per heavy atom. The van der Waals surface area contributed by atoms with Crippen LogP contribution in [0.2, 0.25) is 6.04 Å². The summed E-state index contributed by atoms with van der Waals surface area (Å²) < 4.78 is 5.73. The van der Waals surface area contributed by atoms with E-state index in [-0.39, 0.29) is 0 Å². The lowest BCUT2D eigenvalue weighted by Crippen LogP contribution is -2.36. The zero-order valence-corrected chi connectivity index (χ0v) is 14.9. The molecule has 0 bridgehead atoms. The monoisotopic (exact) mass is 304 g/mol. The molecule has 1 aromatic rings. The topological polar surface area (TPSA) is 12.5 Å². The molecule has 1 radical (unpaired) electrons. The fraction of sp³-hybridized carbons (Fsp3) is 0.556. The van der Waals surface area contributed by atoms with Gasteiger partial charge in [0.1, 0.15) is 8.80 Å². The third-order valence-electron chi connectivity index (χ3n) is 3.88. The van der Waals surface area contributed by atoms with E-state index in [1.54, 1.807) is 0 Å². The summed E-state index contributed by atoms with van der Waals surface area (Å²) in [5, 5.41) is 1.48. The highest BCUT2D eigenvalue weighted by Gasteiger charge is 2.14. The number of benzene rings is 1. The van der Waals surface area contributed by atoms with Crippen LogP contribution in [-0.4, -0.2) is 46.2 Å². The Hall–Kier alpha value is -0.903. The molecule has 0 aliphatic heterocycles. The van der Waals surface area contributed by atoms with Crippen LogP contribution in [0.3, 0.4) is 0 Å². The van der Waals surface area contributed by atoms with Crippen molar-refractivity contribution in [2.24, 2.45) is 0 Å². The van der Waals surface area contributed by atoms with Crippen molar-refractivity contribution in [3.63, 3.8) is 0 Å². The van der Waals surface area contributed by atoms with Gasteiger partial charge in [-0.3, -0.25) is 0 Å². The zero-order valence-electron chi connectivity index (χ0n) is 13.9. The molecule has 0 N–H and O–H groups in total. The maximum absolute atomic E-state index is 5.73. The average Bonchev–Trinajstić information content (AvgIpc) is 2.54. The third-order valence-corrected chi connectivity index (χ3v) is 6.54. The lowest BCUT2D eigenvalue weighted by Gasteiger charge is -2.20. The van der Waals surface area contributed by atoms with Gasteiger partial charge < -0.3 is 9.64 Å². The van der Waals surface area contributed by atoms with Crippen LogP contribution in [0.15, 0.2) is 30.8 Å². The van der Waals surface area contributed by atoms with Crippen molar-refractivity contribution in [2.75, 3.05) is 32.5 Å². The Morgan fingerprint density at radius 2 is 1.81 bits per heavy atom. The molecule has 0 atom stereocenters. The highest BCUT2D eigenvalue weighted by Crippen LogP contribution is 2.05. The van der Waals surface area contributed by atoms with E-state index in [4.69, 9.17) is 4.74 Å². The Balaban J connectivity index is 2.59. The summed E-state index contributed by atoms with van der Waals surface area (Å²) >= 11 is 0. The van der Waals surface area contributed by atoms with Gasteiger partial charge in [-0.25, -0.2) is 0 Å². The molecule has 0 unspecified atom stereocenters. The van der Waals surface area contributed by atoms with Crippen LogP contribution in [0.1, 0.15) is 32.8 Å². The largest absolute Gasteiger partial charge is 0.385 e. The molecule has 0 aliphatic carbocycles. The minimum atomic E-state index is -0.604. The standard InChI is InChI=1S/C18H30NOSi/c1-5-17-10-12-18(13-11-17)21(16-20-8-4)15-9-14-19(6-2)7-3/h5,10-13H,1,6-9,14-16H2,2-4H3. The molecule has 2 nitrogen and oxygen atoms in total. The molecule has 1 rings (SSSR count). The van der Waals surface area contributed by atoms with Crippen LogP contribution < -0.4 is 5.19 Å². The van der Waals surface area contributed by atoms with Crippen molar-refractivity contribution in [2.45, 2.75) is 33.2 Å². The molecule has 1 aromatic carbocycles. The number of hydrogen-bond donors (Lipinski definition) is 0. The van der Waals surface area contributed by atoms with E-state index in [2.05, 4.69) is 56.5 Å². The van der Waals surface area contributed by atoms with E-state index in [1.165, 1.54) is 29.8 Å². The molecule has 0 spiro atoms. The summed E-state index contributed by atoms with van der Waals surface area (Å²) in [5.74, 6) is 0. The van der Waals surface area contributed by atoms with Crippen molar-refractivity contribution >= 4 is 20.1 Å². The van der Waals surface area contributed by atoms with E-state index in [0.717, 1.165) is 25.9 Å². The number of rotatable bonds is 11. The van der Waals surface area contributed by atoms with Gasteiger partial charge in [0.25, 0.3) is 0 Å². The lowest BCUT2D eigenvalue weighted by molar-refractivity contribution is 0.191. The summed E-state index contributed by atoms with van der Waals surface area (Å²) in [6.07, 6.45) is 4.10. The summed E-state index contributed by atoms with van der Waals surface area (Å²) in [4.78, 5) is 2.50. The summed E-state index contributed by atoms with van der Waals surface area (Å²) in [7, 11) is -0.604. The minimum Gasteiger partial charge on any atom is -0.385 e. The first-order chi connectivity index (χ1) is 10.2. The van der Waals surface area contributed by atoms with Crippen LogP contribution in [0.4, 0.5) is 0 Å². The second-order valence-corrected chi connectivity index (χ2v) is 7.77. The van der Waals surface area contributed by atoms with E-state index >= 15 is 0 Å². The quantitative estimate of drug-likeness (QED) is 0.581. The molecule has 3 heteroatoms. The molecule has 0 amide bonds. The first-order valence-electron chi connectivity index (χ1n) is 8.12. The fourth-order valence-corrected chi connectivity index (χ4v) is 4.71. The number of ether oxygens (including phenoxy) is 1. The van der Waals surface area contributed by atoms with Crippen LogP contribution >= 0.6 is 0 Å². The predicted molar refractivity (Wildman–Crippen MR) is 95.6 cm³/mol. The fourth-order valence-electron chi connectivity index (χ4n) is 2.44. The van der Waals surface area contributed by atoms with Gasteiger partial charge in [0.05, 0.1) is 0 Å². The Labute approximate surface area is 132 Å². The van der Waals surface area contributed by atoms with Gasteiger partial charge >= 0.3 is 0 Å². The molecule has 0 heterocycles. The summed E-state index contributed by atoms with van der Waals surface area (Å²) in [5.41, 5.74) is 1.19. The molecule has 21 heavy (non-hydrogen) atoms. The van der Waals surface area contributed by atoms with Gasteiger partial charge in [-0.15, -0.1) is 0 Å². The Kier molecular flexibility index (Phi) is 9.31. The Bertz CT molecular complexity index is 387. The summed E-state index contributed by atoms with van der Waals surface area (Å²) in [6, 6.07) is 10.2. The van der Waals surface area contributed by atoms with Gasteiger partial charge in [-0.1, -0.05) is 62.0 Å². The predicted octanol–water partition coefficient (Wildman–Crippen LogP) is 3.34. The van der Waals surface area contributed by atoms with Gasteiger partial charge in [0, 0.05) is 12.8 Å². The molecule has 117 valence electrons.